The molecule has 0 aliphatic carbocycles. The van der Waals surface area contributed by atoms with Crippen molar-refractivity contribution in [2.75, 3.05) is 17.2 Å². The number of halogens is 2. The number of benzene rings is 3. The van der Waals surface area contributed by atoms with E-state index in [4.69, 9.17) is 16.7 Å². The number of sulfonamides is 1. The Morgan fingerprint density at radius 1 is 1.03 bits per heavy atom. The SMILES string of the molecule is NS(=O)(=O)c1ccccc1-c1ccc(NC(=O)C2CCCN2C(=O)Nc2ccc(Cl)cc2)c(F)c1. The lowest BCUT2D eigenvalue weighted by molar-refractivity contribution is -0.119. The second-order valence-corrected chi connectivity index (χ2v) is 9.98. The zero-order valence-electron chi connectivity index (χ0n) is 18.4. The molecule has 182 valence electrons. The first-order valence-electron chi connectivity index (χ1n) is 10.7. The third-order valence-corrected chi connectivity index (χ3v) is 6.86. The Bertz CT molecular complexity index is 1380. The molecule has 1 saturated heterocycles. The van der Waals surface area contributed by atoms with Crippen molar-refractivity contribution in [3.8, 4) is 11.1 Å². The quantitative estimate of drug-likeness (QED) is 0.464. The molecule has 8 nitrogen and oxygen atoms in total. The second-order valence-electron chi connectivity index (χ2n) is 8.01. The van der Waals surface area contributed by atoms with E-state index in [1.807, 2.05) is 0 Å². The molecule has 1 heterocycles. The summed E-state index contributed by atoms with van der Waals surface area (Å²) < 4.78 is 38.6. The summed E-state index contributed by atoms with van der Waals surface area (Å²) in [6.45, 7) is 0.378. The summed E-state index contributed by atoms with van der Waals surface area (Å²) in [4.78, 5) is 26.9. The molecule has 0 radical (unpaired) electrons. The Kier molecular flexibility index (Phi) is 7.06. The highest BCUT2D eigenvalue weighted by atomic mass is 35.5. The van der Waals surface area contributed by atoms with E-state index in [2.05, 4.69) is 10.6 Å². The monoisotopic (exact) mass is 516 g/mol. The summed E-state index contributed by atoms with van der Waals surface area (Å²) in [6.07, 6.45) is 1.05. The fraction of sp³-hybridized carbons (Fsp3) is 0.167. The van der Waals surface area contributed by atoms with Gasteiger partial charge in [-0.05, 0) is 60.9 Å². The van der Waals surface area contributed by atoms with Crippen LogP contribution in [-0.2, 0) is 14.8 Å². The third-order valence-electron chi connectivity index (χ3n) is 5.64. The second kappa shape index (κ2) is 10.0. The standard InChI is InChI=1S/C24H22ClFN4O4S/c25-16-8-10-17(11-9-16)28-24(32)30-13-3-5-21(30)23(31)29-20-12-7-15(14-19(20)26)18-4-1-2-6-22(18)35(27,33)34/h1-2,4,6-12,14,21H,3,5,13H2,(H,28,32)(H,29,31)(H2,27,33,34). The summed E-state index contributed by atoms with van der Waals surface area (Å²) >= 11 is 5.86. The number of hydrogen-bond donors (Lipinski definition) is 3. The number of hydrogen-bond acceptors (Lipinski definition) is 4. The van der Waals surface area contributed by atoms with Crippen molar-refractivity contribution < 1.29 is 22.4 Å². The van der Waals surface area contributed by atoms with Crippen molar-refractivity contribution >= 4 is 44.9 Å². The molecule has 11 heteroatoms. The third kappa shape index (κ3) is 5.61. The van der Waals surface area contributed by atoms with Gasteiger partial charge in [0.2, 0.25) is 15.9 Å². The predicted octanol–water partition coefficient (Wildman–Crippen LogP) is 4.43. The number of primary sulfonamides is 1. The van der Waals surface area contributed by atoms with E-state index in [1.54, 1.807) is 30.3 Å². The van der Waals surface area contributed by atoms with Gasteiger partial charge in [-0.25, -0.2) is 22.7 Å². The van der Waals surface area contributed by atoms with Gasteiger partial charge < -0.3 is 15.5 Å². The fourth-order valence-electron chi connectivity index (χ4n) is 3.96. The molecule has 0 spiro atoms. The number of nitrogens with two attached hydrogens (primary N) is 1. The van der Waals surface area contributed by atoms with Gasteiger partial charge in [0.1, 0.15) is 11.9 Å². The van der Waals surface area contributed by atoms with Crippen LogP contribution in [0.25, 0.3) is 11.1 Å². The van der Waals surface area contributed by atoms with Crippen molar-refractivity contribution in [3.05, 3.63) is 77.6 Å². The highest BCUT2D eigenvalue weighted by Crippen LogP contribution is 2.30. The predicted molar refractivity (Wildman–Crippen MR) is 132 cm³/mol. The minimum Gasteiger partial charge on any atom is -0.322 e. The van der Waals surface area contributed by atoms with Crippen molar-refractivity contribution in [1.82, 2.24) is 4.90 Å². The van der Waals surface area contributed by atoms with Crippen LogP contribution in [-0.4, -0.2) is 37.8 Å². The van der Waals surface area contributed by atoms with E-state index in [9.17, 15) is 22.4 Å². The van der Waals surface area contributed by atoms with Crippen molar-refractivity contribution in [2.24, 2.45) is 5.14 Å². The highest BCUT2D eigenvalue weighted by molar-refractivity contribution is 7.89. The molecule has 1 atom stereocenters. The molecule has 1 unspecified atom stereocenters. The van der Waals surface area contributed by atoms with Crippen LogP contribution in [0.5, 0.6) is 0 Å². The van der Waals surface area contributed by atoms with E-state index in [0.29, 0.717) is 30.1 Å². The number of urea groups is 1. The topological polar surface area (TPSA) is 122 Å². The van der Waals surface area contributed by atoms with Gasteiger partial charge in [-0.3, -0.25) is 4.79 Å². The van der Waals surface area contributed by atoms with E-state index >= 15 is 0 Å². The highest BCUT2D eigenvalue weighted by Gasteiger charge is 2.34. The Balaban J connectivity index is 1.49. The normalized spacial score (nSPS) is 15.6. The van der Waals surface area contributed by atoms with E-state index < -0.39 is 33.8 Å². The number of anilines is 2. The number of nitrogens with zero attached hydrogens (tertiary/aromatic N) is 1. The summed E-state index contributed by atoms with van der Waals surface area (Å²) in [6, 6.07) is 15.3. The van der Waals surface area contributed by atoms with Gasteiger partial charge in [0.05, 0.1) is 10.6 Å². The maximum Gasteiger partial charge on any atom is 0.322 e. The maximum atomic E-state index is 14.9. The van der Waals surface area contributed by atoms with Gasteiger partial charge in [0.25, 0.3) is 0 Å². The lowest BCUT2D eigenvalue weighted by atomic mass is 10.0. The fourth-order valence-corrected chi connectivity index (χ4v) is 4.85. The molecule has 1 fully saturated rings. The molecule has 4 rings (SSSR count). The van der Waals surface area contributed by atoms with Gasteiger partial charge in [-0.1, -0.05) is 35.9 Å². The van der Waals surface area contributed by atoms with Crippen molar-refractivity contribution in [3.63, 3.8) is 0 Å². The molecule has 35 heavy (non-hydrogen) atoms. The van der Waals surface area contributed by atoms with Crippen LogP contribution in [0.3, 0.4) is 0 Å². The molecule has 3 aromatic carbocycles. The summed E-state index contributed by atoms with van der Waals surface area (Å²) in [7, 11) is -4.02. The Labute approximate surface area is 206 Å². The molecule has 1 aliphatic heterocycles. The van der Waals surface area contributed by atoms with Crippen molar-refractivity contribution in [1.29, 1.82) is 0 Å². The molecular formula is C24H22ClFN4O4S. The lowest BCUT2D eigenvalue weighted by Gasteiger charge is -2.24. The van der Waals surface area contributed by atoms with Crippen LogP contribution in [0.4, 0.5) is 20.6 Å². The zero-order chi connectivity index (χ0) is 25.2. The Morgan fingerprint density at radius 2 is 1.74 bits per heavy atom. The van der Waals surface area contributed by atoms with Gasteiger partial charge in [0, 0.05) is 22.8 Å². The molecule has 3 aromatic rings. The maximum absolute atomic E-state index is 14.9. The first-order chi connectivity index (χ1) is 16.6. The number of amides is 3. The summed E-state index contributed by atoms with van der Waals surface area (Å²) in [5.74, 6) is -1.28. The number of likely N-dealkylation sites (tertiary alicyclic amines) is 1. The van der Waals surface area contributed by atoms with Crippen LogP contribution in [0, 0.1) is 5.82 Å². The van der Waals surface area contributed by atoms with Gasteiger partial charge >= 0.3 is 6.03 Å². The smallest absolute Gasteiger partial charge is 0.322 e. The molecule has 4 N–H and O–H groups in total. The van der Waals surface area contributed by atoms with Crippen LogP contribution in [0.1, 0.15) is 12.8 Å². The summed E-state index contributed by atoms with van der Waals surface area (Å²) in [5.41, 5.74) is 0.978. The average Bonchev–Trinajstić information content (AvgIpc) is 3.32. The van der Waals surface area contributed by atoms with Gasteiger partial charge in [0.15, 0.2) is 0 Å². The van der Waals surface area contributed by atoms with Gasteiger partial charge in [-0.15, -0.1) is 0 Å². The van der Waals surface area contributed by atoms with Crippen LogP contribution >= 0.6 is 11.6 Å². The average molecular weight is 517 g/mol. The number of carbonyl (C=O) groups excluding carboxylic acids is 2. The molecular weight excluding hydrogens is 495 g/mol. The molecule has 3 amide bonds. The first kappa shape index (κ1) is 24.6. The Morgan fingerprint density at radius 3 is 2.43 bits per heavy atom. The first-order valence-corrected chi connectivity index (χ1v) is 12.6. The van der Waals surface area contributed by atoms with Gasteiger partial charge in [-0.2, -0.15) is 0 Å². The van der Waals surface area contributed by atoms with E-state index in [-0.39, 0.29) is 21.7 Å². The minimum absolute atomic E-state index is 0.0863. The number of rotatable bonds is 5. The largest absolute Gasteiger partial charge is 0.322 e. The number of carbonyl (C=O) groups is 2. The van der Waals surface area contributed by atoms with E-state index in [1.165, 1.54) is 35.2 Å². The van der Waals surface area contributed by atoms with Crippen LogP contribution in [0.2, 0.25) is 5.02 Å². The summed E-state index contributed by atoms with van der Waals surface area (Å²) in [5, 5.41) is 11.1. The molecule has 0 saturated carbocycles. The number of nitrogens with one attached hydrogen (secondary N) is 2. The molecule has 0 bridgehead atoms. The van der Waals surface area contributed by atoms with Crippen LogP contribution in [0.15, 0.2) is 71.6 Å². The molecule has 0 aromatic heterocycles. The Hall–Kier alpha value is -3.47. The zero-order valence-corrected chi connectivity index (χ0v) is 19.9. The minimum atomic E-state index is -4.02. The lowest BCUT2D eigenvalue weighted by Crippen LogP contribution is -2.45. The van der Waals surface area contributed by atoms with Crippen molar-refractivity contribution in [2.45, 2.75) is 23.8 Å². The molecule has 1 aliphatic rings. The van der Waals surface area contributed by atoms with Crippen LogP contribution < -0.4 is 15.8 Å². The van der Waals surface area contributed by atoms with E-state index in [0.717, 1.165) is 6.07 Å².